The fourth-order valence-corrected chi connectivity index (χ4v) is 4.73. The van der Waals surface area contributed by atoms with Gasteiger partial charge in [0.25, 0.3) is 0 Å². The Bertz CT molecular complexity index is 1600. The normalized spacial score (nSPS) is 12.5. The zero-order valence-electron chi connectivity index (χ0n) is 15.2. The lowest BCUT2D eigenvalue weighted by Crippen LogP contribution is -1.85. The van der Waals surface area contributed by atoms with E-state index in [1.807, 2.05) is 24.3 Å². The highest BCUT2D eigenvalue weighted by molar-refractivity contribution is 6.30. The number of hydrogen-bond acceptors (Lipinski definition) is 2. The van der Waals surface area contributed by atoms with Crippen LogP contribution in [0.3, 0.4) is 0 Å². The van der Waals surface area contributed by atoms with Crippen molar-refractivity contribution in [3.05, 3.63) is 72.8 Å². The van der Waals surface area contributed by atoms with E-state index in [-0.39, 0.29) is 0 Å². The summed E-state index contributed by atoms with van der Waals surface area (Å²) in [7, 11) is 2.10. The molecule has 0 aliphatic carbocycles. The molecule has 0 spiro atoms. The van der Waals surface area contributed by atoms with Crippen LogP contribution >= 0.6 is 0 Å². The molecule has 7 rings (SSSR count). The van der Waals surface area contributed by atoms with Gasteiger partial charge in [0.05, 0.1) is 21.8 Å². The average molecular weight is 361 g/mol. The Morgan fingerprint density at radius 3 is 1.50 bits per heavy atom. The van der Waals surface area contributed by atoms with Gasteiger partial charge in [-0.2, -0.15) is 0 Å². The van der Waals surface area contributed by atoms with Gasteiger partial charge >= 0.3 is 0 Å². The van der Waals surface area contributed by atoms with E-state index < -0.39 is 0 Å². The van der Waals surface area contributed by atoms with E-state index in [4.69, 9.17) is 8.83 Å². The number of benzene rings is 4. The topological polar surface area (TPSA) is 31.2 Å². The first-order valence-corrected chi connectivity index (χ1v) is 9.44. The van der Waals surface area contributed by atoms with Gasteiger partial charge in [0, 0.05) is 28.6 Å². The van der Waals surface area contributed by atoms with Crippen molar-refractivity contribution in [2.75, 3.05) is 0 Å². The quantitative estimate of drug-likeness (QED) is 0.288. The van der Waals surface area contributed by atoms with Gasteiger partial charge in [-0.05, 0) is 36.4 Å². The molecule has 0 bridgehead atoms. The van der Waals surface area contributed by atoms with Crippen LogP contribution in [0.1, 0.15) is 0 Å². The zero-order valence-corrected chi connectivity index (χ0v) is 15.2. The van der Waals surface area contributed by atoms with Crippen LogP contribution in [0.2, 0.25) is 0 Å². The van der Waals surface area contributed by atoms with Crippen molar-refractivity contribution in [3.8, 4) is 0 Å². The molecular weight excluding hydrogens is 346 g/mol. The summed E-state index contributed by atoms with van der Waals surface area (Å²) < 4.78 is 14.9. The Labute approximate surface area is 159 Å². The Balaban J connectivity index is 1.83. The van der Waals surface area contributed by atoms with E-state index in [0.29, 0.717) is 0 Å². The number of nitrogens with zero attached hydrogens (tertiary/aromatic N) is 1. The van der Waals surface area contributed by atoms with Crippen LogP contribution < -0.4 is 0 Å². The zero-order chi connectivity index (χ0) is 18.4. The maximum Gasteiger partial charge on any atom is 0.145 e. The summed E-state index contributed by atoms with van der Waals surface area (Å²) in [5.41, 5.74) is 5.98. The van der Waals surface area contributed by atoms with Gasteiger partial charge in [0.15, 0.2) is 0 Å². The Kier molecular flexibility index (Phi) is 2.44. The largest absolute Gasteiger partial charge is 0.455 e. The fourth-order valence-electron chi connectivity index (χ4n) is 4.73. The van der Waals surface area contributed by atoms with Crippen LogP contribution in [-0.4, -0.2) is 4.57 Å². The van der Waals surface area contributed by atoms with Crippen molar-refractivity contribution < 1.29 is 8.83 Å². The van der Waals surface area contributed by atoms with E-state index in [9.17, 15) is 0 Å². The first-order valence-electron chi connectivity index (χ1n) is 9.44. The molecule has 0 unspecified atom stereocenters. The molecule has 28 heavy (non-hydrogen) atoms. The monoisotopic (exact) mass is 361 g/mol. The van der Waals surface area contributed by atoms with Gasteiger partial charge in [0.2, 0.25) is 0 Å². The van der Waals surface area contributed by atoms with Gasteiger partial charge in [-0.15, -0.1) is 0 Å². The molecular formula is C25H15NO2. The van der Waals surface area contributed by atoms with E-state index in [1.165, 1.54) is 0 Å². The predicted octanol–water partition coefficient (Wildman–Crippen LogP) is 7.13. The molecule has 0 saturated carbocycles. The van der Waals surface area contributed by atoms with E-state index >= 15 is 0 Å². The van der Waals surface area contributed by atoms with Crippen molar-refractivity contribution in [2.45, 2.75) is 0 Å². The van der Waals surface area contributed by atoms with Crippen LogP contribution in [0.5, 0.6) is 0 Å². The van der Waals surface area contributed by atoms with Crippen LogP contribution in [0.15, 0.2) is 81.6 Å². The van der Waals surface area contributed by atoms with Crippen molar-refractivity contribution in [3.63, 3.8) is 0 Å². The summed E-state index contributed by atoms with van der Waals surface area (Å²) in [6.07, 6.45) is 0. The summed E-state index contributed by atoms with van der Waals surface area (Å²) in [6.45, 7) is 0. The van der Waals surface area contributed by atoms with Gasteiger partial charge in [0.1, 0.15) is 22.3 Å². The summed E-state index contributed by atoms with van der Waals surface area (Å²) >= 11 is 0. The maximum absolute atomic E-state index is 6.36. The minimum atomic E-state index is 0.916. The molecule has 7 aromatic rings. The number of furan rings is 2. The molecule has 132 valence electrons. The predicted molar refractivity (Wildman–Crippen MR) is 115 cm³/mol. The van der Waals surface area contributed by atoms with Crippen molar-refractivity contribution >= 4 is 65.7 Å². The Morgan fingerprint density at radius 1 is 0.536 bits per heavy atom. The van der Waals surface area contributed by atoms with E-state index in [0.717, 1.165) is 65.7 Å². The molecule has 4 aromatic carbocycles. The summed E-state index contributed by atoms with van der Waals surface area (Å²) in [6, 6.07) is 25.2. The molecule has 3 heterocycles. The summed E-state index contributed by atoms with van der Waals surface area (Å²) in [4.78, 5) is 0. The van der Waals surface area contributed by atoms with Crippen molar-refractivity contribution in [2.24, 2.45) is 7.05 Å². The third-order valence-electron chi connectivity index (χ3n) is 6.02. The average Bonchev–Trinajstić information content (AvgIpc) is 3.38. The lowest BCUT2D eigenvalue weighted by atomic mass is 10.1. The van der Waals surface area contributed by atoms with Crippen LogP contribution in [0, 0.1) is 0 Å². The third-order valence-corrected chi connectivity index (χ3v) is 6.02. The number of hydrogen-bond donors (Lipinski definition) is 0. The third kappa shape index (κ3) is 1.57. The van der Waals surface area contributed by atoms with Crippen LogP contribution in [0.25, 0.3) is 65.7 Å². The second kappa shape index (κ2) is 4.76. The second-order valence-electron chi connectivity index (χ2n) is 7.43. The molecule has 3 nitrogen and oxygen atoms in total. The van der Waals surface area contributed by atoms with Crippen molar-refractivity contribution in [1.29, 1.82) is 0 Å². The fraction of sp³-hybridized carbons (Fsp3) is 0.0400. The second-order valence-corrected chi connectivity index (χ2v) is 7.43. The molecule has 3 heteroatoms. The molecule has 0 amide bonds. The van der Waals surface area contributed by atoms with Gasteiger partial charge in [-0.3, -0.25) is 0 Å². The molecule has 0 radical (unpaired) electrons. The van der Waals surface area contributed by atoms with Crippen LogP contribution in [-0.2, 0) is 7.05 Å². The molecule has 0 N–H and O–H groups in total. The number of aryl methyl sites for hydroxylation is 1. The minimum Gasteiger partial charge on any atom is -0.455 e. The number of para-hydroxylation sites is 2. The number of aromatic nitrogens is 1. The standard InChI is InChI=1S/C25H15NO2/c1-26-18-12-10-16-14-6-2-4-8-20(14)27-24(16)22(18)23-19(26)13-11-17-15-7-3-5-9-21(15)28-25(17)23/h2-13H,1H3. The smallest absolute Gasteiger partial charge is 0.145 e. The SMILES string of the molecule is Cn1c2ccc3c4ccccc4oc3c2c2c3oc4ccccc4c3ccc21. The number of rotatable bonds is 0. The molecule has 0 atom stereocenters. The lowest BCUT2D eigenvalue weighted by molar-refractivity contribution is 0.670. The highest BCUT2D eigenvalue weighted by Gasteiger charge is 2.20. The van der Waals surface area contributed by atoms with Crippen molar-refractivity contribution in [1.82, 2.24) is 4.57 Å². The first kappa shape index (κ1) is 14.4. The van der Waals surface area contributed by atoms with E-state index in [2.05, 4.69) is 60.1 Å². The lowest BCUT2D eigenvalue weighted by Gasteiger charge is -1.97. The summed E-state index contributed by atoms with van der Waals surface area (Å²) in [5.74, 6) is 0. The first-order chi connectivity index (χ1) is 13.8. The number of fused-ring (bicyclic) bond motifs is 11. The molecule has 3 aromatic heterocycles. The van der Waals surface area contributed by atoms with Gasteiger partial charge < -0.3 is 13.4 Å². The molecule has 0 aliphatic rings. The molecule has 0 saturated heterocycles. The van der Waals surface area contributed by atoms with E-state index in [1.54, 1.807) is 0 Å². The molecule has 0 fully saturated rings. The van der Waals surface area contributed by atoms with Gasteiger partial charge in [-0.1, -0.05) is 36.4 Å². The Morgan fingerprint density at radius 2 is 1.00 bits per heavy atom. The maximum atomic E-state index is 6.36. The summed E-state index contributed by atoms with van der Waals surface area (Å²) in [5, 5.41) is 6.82. The Hall–Kier alpha value is -3.72. The highest BCUT2D eigenvalue weighted by Crippen LogP contribution is 2.43. The highest BCUT2D eigenvalue weighted by atomic mass is 16.3. The van der Waals surface area contributed by atoms with Crippen LogP contribution in [0.4, 0.5) is 0 Å². The minimum absolute atomic E-state index is 0.916. The van der Waals surface area contributed by atoms with Gasteiger partial charge in [-0.25, -0.2) is 0 Å². The molecule has 0 aliphatic heterocycles.